The Bertz CT molecular complexity index is 1690. The fourth-order valence-corrected chi connectivity index (χ4v) is 4.35. The number of hydrogen-bond donors (Lipinski definition) is 0. The zero-order chi connectivity index (χ0) is 29.4. The van der Waals surface area contributed by atoms with Crippen molar-refractivity contribution < 1.29 is 31.1 Å². The lowest BCUT2D eigenvalue weighted by molar-refractivity contribution is -0.138. The van der Waals surface area contributed by atoms with Gasteiger partial charge in [-0.25, -0.2) is 0 Å². The number of nitrogens with zero attached hydrogens (tertiary/aromatic N) is 2. The summed E-state index contributed by atoms with van der Waals surface area (Å²) >= 11 is 0. The van der Waals surface area contributed by atoms with E-state index < -0.39 is 34.6 Å². The van der Waals surface area contributed by atoms with E-state index in [0.29, 0.717) is 11.1 Å². The lowest BCUT2D eigenvalue weighted by atomic mass is 10.0. The monoisotopic (exact) mass is 556 g/mol. The van der Waals surface area contributed by atoms with Crippen LogP contribution >= 0.6 is 0 Å². The quantitative estimate of drug-likeness (QED) is 0.233. The lowest BCUT2D eigenvalue weighted by Crippen LogP contribution is -2.29. The third-order valence-electron chi connectivity index (χ3n) is 6.40. The van der Waals surface area contributed by atoms with E-state index in [0.717, 1.165) is 33.9 Å². The van der Waals surface area contributed by atoms with Gasteiger partial charge in [-0.05, 0) is 85.5 Å². The Morgan fingerprint density at radius 3 is 2.17 bits per heavy atom. The average molecular weight is 557 g/mol. The highest BCUT2D eigenvalue weighted by atomic mass is 19.4. The van der Waals surface area contributed by atoms with Gasteiger partial charge >= 0.3 is 12.4 Å². The van der Waals surface area contributed by atoms with Crippen LogP contribution in [0.2, 0.25) is 0 Å². The molecule has 206 valence electrons. The highest BCUT2D eigenvalue weighted by molar-refractivity contribution is 5.65. The molecule has 0 fully saturated rings. The number of hydrogen-bond acceptors (Lipinski definition) is 3. The van der Waals surface area contributed by atoms with E-state index in [1.54, 1.807) is 13.0 Å². The molecular formula is C30H22F6N2O2. The molecule has 0 saturated carbocycles. The molecule has 3 aromatic carbocycles. The third kappa shape index (κ3) is 5.88. The van der Waals surface area contributed by atoms with Crippen LogP contribution in [0.5, 0.6) is 11.5 Å². The summed E-state index contributed by atoms with van der Waals surface area (Å²) in [6, 6.07) is 16.2. The Hall–Kier alpha value is -4.52. The van der Waals surface area contributed by atoms with Crippen molar-refractivity contribution in [3.8, 4) is 28.8 Å². The second-order valence-electron chi connectivity index (χ2n) is 9.36. The largest absolute Gasteiger partial charge is 0.457 e. The normalized spacial score (nSPS) is 11.8. The van der Waals surface area contributed by atoms with Crippen LogP contribution in [0.15, 0.2) is 71.5 Å². The molecule has 0 bridgehead atoms. The van der Waals surface area contributed by atoms with Gasteiger partial charge in [-0.15, -0.1) is 0 Å². The minimum atomic E-state index is -4.96. The van der Waals surface area contributed by atoms with Gasteiger partial charge in [0, 0.05) is 0 Å². The number of pyridine rings is 1. The average Bonchev–Trinajstić information content (AvgIpc) is 2.86. The van der Waals surface area contributed by atoms with Gasteiger partial charge in [0.2, 0.25) is 0 Å². The van der Waals surface area contributed by atoms with Crippen molar-refractivity contribution in [2.45, 2.75) is 39.7 Å². The lowest BCUT2D eigenvalue weighted by Gasteiger charge is -2.19. The van der Waals surface area contributed by atoms with E-state index in [1.807, 2.05) is 26.0 Å². The predicted molar refractivity (Wildman–Crippen MR) is 137 cm³/mol. The number of aryl methyl sites for hydroxylation is 3. The van der Waals surface area contributed by atoms with Crippen molar-refractivity contribution in [3.63, 3.8) is 0 Å². The SMILES string of the molecule is Cc1ccc(Cn2c(-c3ccc(Oc4cccc(C(F)(F)F)c4)c(C)c3)cc(C(F)(F)F)c(C#N)c2=O)c(C)c1. The molecular weight excluding hydrogens is 534 g/mol. The highest BCUT2D eigenvalue weighted by Crippen LogP contribution is 2.37. The van der Waals surface area contributed by atoms with Gasteiger partial charge in [0.05, 0.1) is 23.4 Å². The smallest absolute Gasteiger partial charge is 0.417 e. The molecule has 0 spiro atoms. The van der Waals surface area contributed by atoms with Gasteiger partial charge in [-0.1, -0.05) is 29.8 Å². The van der Waals surface area contributed by atoms with Crippen LogP contribution in [0.4, 0.5) is 26.3 Å². The maximum Gasteiger partial charge on any atom is 0.417 e. The standard InChI is InChI=1S/C30H22F6N2O2/c1-17-7-8-21(18(2)11-17)16-38-26(14-25(30(34,35)36)24(15-37)28(38)39)20-9-10-27(19(3)12-20)40-23-6-4-5-22(13-23)29(31,32)33/h4-14H,16H2,1-3H3. The first-order valence-corrected chi connectivity index (χ1v) is 12.0. The number of halogens is 6. The minimum absolute atomic E-state index is 0.0739. The number of rotatable bonds is 5. The highest BCUT2D eigenvalue weighted by Gasteiger charge is 2.36. The summed E-state index contributed by atoms with van der Waals surface area (Å²) in [6.45, 7) is 5.18. The molecule has 1 aromatic heterocycles. The molecule has 0 N–H and O–H groups in total. The maximum atomic E-state index is 13.9. The van der Waals surface area contributed by atoms with Gasteiger partial charge < -0.3 is 9.30 Å². The Morgan fingerprint density at radius 1 is 0.850 bits per heavy atom. The summed E-state index contributed by atoms with van der Waals surface area (Å²) in [5.41, 5.74) is -1.34. The van der Waals surface area contributed by atoms with Crippen LogP contribution in [0.3, 0.4) is 0 Å². The molecule has 0 radical (unpaired) electrons. The molecule has 0 saturated heterocycles. The second kappa shape index (κ2) is 10.6. The topological polar surface area (TPSA) is 55.0 Å². The fraction of sp³-hybridized carbons (Fsp3) is 0.200. The Balaban J connectivity index is 1.84. The molecule has 0 unspecified atom stereocenters. The van der Waals surface area contributed by atoms with Crippen LogP contribution in [-0.4, -0.2) is 4.57 Å². The van der Waals surface area contributed by atoms with Crippen LogP contribution in [-0.2, 0) is 18.9 Å². The van der Waals surface area contributed by atoms with Crippen molar-refractivity contribution in [3.05, 3.63) is 116 Å². The fourth-order valence-electron chi connectivity index (χ4n) is 4.35. The van der Waals surface area contributed by atoms with Gasteiger partial charge in [0.1, 0.15) is 23.1 Å². The number of ether oxygens (including phenoxy) is 1. The first kappa shape index (κ1) is 28.5. The van der Waals surface area contributed by atoms with Gasteiger partial charge in [0.25, 0.3) is 5.56 Å². The molecule has 10 heteroatoms. The first-order chi connectivity index (χ1) is 18.7. The molecule has 0 aliphatic rings. The summed E-state index contributed by atoms with van der Waals surface area (Å²) in [4.78, 5) is 13.3. The molecule has 40 heavy (non-hydrogen) atoms. The molecule has 0 amide bonds. The van der Waals surface area contributed by atoms with E-state index in [1.165, 1.54) is 36.4 Å². The summed E-state index contributed by atoms with van der Waals surface area (Å²) in [6.07, 6.45) is -9.52. The van der Waals surface area contributed by atoms with E-state index in [4.69, 9.17) is 4.74 Å². The molecule has 0 aliphatic carbocycles. The van der Waals surface area contributed by atoms with E-state index in [9.17, 15) is 36.4 Å². The molecule has 4 aromatic rings. The van der Waals surface area contributed by atoms with Gasteiger partial charge in [-0.2, -0.15) is 31.6 Å². The van der Waals surface area contributed by atoms with Crippen molar-refractivity contribution in [2.75, 3.05) is 0 Å². The van der Waals surface area contributed by atoms with Crippen LogP contribution in [0.1, 0.15) is 38.9 Å². The van der Waals surface area contributed by atoms with Crippen molar-refractivity contribution in [1.82, 2.24) is 4.57 Å². The maximum absolute atomic E-state index is 13.9. The Morgan fingerprint density at radius 2 is 1.57 bits per heavy atom. The molecule has 1 heterocycles. The summed E-state index contributed by atoms with van der Waals surface area (Å²) in [5, 5.41) is 9.45. The summed E-state index contributed by atoms with van der Waals surface area (Å²) in [7, 11) is 0. The molecule has 0 atom stereocenters. The van der Waals surface area contributed by atoms with E-state index >= 15 is 0 Å². The van der Waals surface area contributed by atoms with Crippen molar-refractivity contribution in [2.24, 2.45) is 0 Å². The van der Waals surface area contributed by atoms with E-state index in [-0.39, 0.29) is 29.3 Å². The Labute approximate surface area is 225 Å². The predicted octanol–water partition coefficient (Wildman–Crippen LogP) is 8.19. The van der Waals surface area contributed by atoms with Crippen molar-refractivity contribution >= 4 is 0 Å². The number of nitriles is 1. The second-order valence-corrected chi connectivity index (χ2v) is 9.36. The van der Waals surface area contributed by atoms with Gasteiger partial charge in [-0.3, -0.25) is 4.79 Å². The van der Waals surface area contributed by atoms with Crippen LogP contribution in [0, 0.1) is 32.1 Å². The third-order valence-corrected chi connectivity index (χ3v) is 6.40. The van der Waals surface area contributed by atoms with Gasteiger partial charge in [0.15, 0.2) is 0 Å². The summed E-state index contributed by atoms with van der Waals surface area (Å²) < 4.78 is 87.7. The van der Waals surface area contributed by atoms with E-state index in [2.05, 4.69) is 0 Å². The first-order valence-electron chi connectivity index (χ1n) is 12.0. The molecule has 4 rings (SSSR count). The number of alkyl halides is 6. The van der Waals surface area contributed by atoms with Crippen LogP contribution in [0.25, 0.3) is 11.3 Å². The van der Waals surface area contributed by atoms with Crippen molar-refractivity contribution in [1.29, 1.82) is 5.26 Å². The zero-order valence-corrected chi connectivity index (χ0v) is 21.5. The van der Waals surface area contributed by atoms with Crippen LogP contribution < -0.4 is 10.3 Å². The Kier molecular flexibility index (Phi) is 7.52. The summed E-state index contributed by atoms with van der Waals surface area (Å²) in [5.74, 6) is 0.103. The zero-order valence-electron chi connectivity index (χ0n) is 21.5. The molecule has 4 nitrogen and oxygen atoms in total. The molecule has 0 aliphatic heterocycles. The minimum Gasteiger partial charge on any atom is -0.457 e. The number of benzene rings is 3. The number of aromatic nitrogens is 1.